The first-order valence-corrected chi connectivity index (χ1v) is 6.72. The molecular weight excluding hydrogens is 246 g/mol. The van der Waals surface area contributed by atoms with E-state index in [0.29, 0.717) is 5.82 Å². The molecule has 0 aromatic carbocycles. The van der Waals surface area contributed by atoms with Gasteiger partial charge in [-0.3, -0.25) is 0 Å². The first-order valence-electron chi connectivity index (χ1n) is 5.11. The lowest BCUT2D eigenvalue weighted by Crippen LogP contribution is -2.21. The number of aryl methyl sites for hydroxylation is 1. The minimum atomic E-state index is -3.46. The molecular formula is C9H15N3O4S. The second-order valence-electron chi connectivity index (χ2n) is 4.09. The number of rotatable bonds is 4. The van der Waals surface area contributed by atoms with Gasteiger partial charge in [-0.2, -0.15) is 0 Å². The first kappa shape index (κ1) is 13.6. The van der Waals surface area contributed by atoms with E-state index in [1.807, 2.05) is 0 Å². The standard InChI is InChI=1S/C9H15N3O4S/c1-5(2)17(15,16)6(3)8-9(12(13)14)11-7(4)10-8/h5-6H,1-4H3,(H,10,11). The van der Waals surface area contributed by atoms with Gasteiger partial charge in [-0.15, -0.1) is 0 Å². The van der Waals surface area contributed by atoms with Gasteiger partial charge in [-0.05, 0) is 25.7 Å². The highest BCUT2D eigenvalue weighted by Gasteiger charge is 2.34. The van der Waals surface area contributed by atoms with Gasteiger partial charge in [0.15, 0.2) is 21.4 Å². The fourth-order valence-electron chi connectivity index (χ4n) is 1.48. The summed E-state index contributed by atoms with van der Waals surface area (Å²) in [5, 5.41) is 9.18. The molecule has 0 aliphatic rings. The molecule has 96 valence electrons. The lowest BCUT2D eigenvalue weighted by atomic mass is 10.3. The fraction of sp³-hybridized carbons (Fsp3) is 0.667. The molecule has 7 nitrogen and oxygen atoms in total. The maximum Gasteiger partial charge on any atom is 0.345 e. The Labute approximate surface area is 99.3 Å². The highest BCUT2D eigenvalue weighted by atomic mass is 32.2. The Balaban J connectivity index is 3.31. The number of nitro groups is 1. The number of nitrogens with one attached hydrogen (secondary N) is 1. The van der Waals surface area contributed by atoms with E-state index >= 15 is 0 Å². The molecule has 0 fully saturated rings. The molecule has 1 aromatic heterocycles. The topological polar surface area (TPSA) is 106 Å². The summed E-state index contributed by atoms with van der Waals surface area (Å²) in [5.74, 6) is -0.0169. The smallest absolute Gasteiger partial charge is 0.345 e. The van der Waals surface area contributed by atoms with E-state index < -0.39 is 25.3 Å². The van der Waals surface area contributed by atoms with Crippen LogP contribution in [0, 0.1) is 17.0 Å². The summed E-state index contributed by atoms with van der Waals surface area (Å²) >= 11 is 0. The molecule has 0 saturated heterocycles. The molecule has 8 heteroatoms. The van der Waals surface area contributed by atoms with Gasteiger partial charge in [-0.1, -0.05) is 0 Å². The van der Waals surface area contributed by atoms with Crippen molar-refractivity contribution in [2.24, 2.45) is 0 Å². The largest absolute Gasteiger partial charge is 0.358 e. The molecule has 17 heavy (non-hydrogen) atoms. The van der Waals surface area contributed by atoms with Crippen molar-refractivity contribution in [3.05, 3.63) is 21.6 Å². The predicted molar refractivity (Wildman–Crippen MR) is 62.4 cm³/mol. The fourth-order valence-corrected chi connectivity index (χ4v) is 2.78. The van der Waals surface area contributed by atoms with Crippen LogP contribution in [-0.2, 0) is 9.84 Å². The zero-order valence-electron chi connectivity index (χ0n) is 10.1. The molecule has 1 N–H and O–H groups in total. The van der Waals surface area contributed by atoms with Crippen LogP contribution < -0.4 is 0 Å². The summed E-state index contributed by atoms with van der Waals surface area (Å²) in [5.41, 5.74) is -0.0267. The molecule has 0 radical (unpaired) electrons. The minimum absolute atomic E-state index is 0.0267. The molecule has 0 amide bonds. The quantitative estimate of drug-likeness (QED) is 0.653. The first-order chi connectivity index (χ1) is 7.67. The van der Waals surface area contributed by atoms with Crippen LogP contribution in [-0.4, -0.2) is 28.6 Å². The molecule has 1 atom stereocenters. The Kier molecular flexibility index (Phi) is 3.56. The van der Waals surface area contributed by atoms with Gasteiger partial charge >= 0.3 is 5.82 Å². The molecule has 0 spiro atoms. The molecule has 0 saturated carbocycles. The molecule has 1 heterocycles. The monoisotopic (exact) mass is 261 g/mol. The van der Waals surface area contributed by atoms with E-state index in [-0.39, 0.29) is 11.5 Å². The van der Waals surface area contributed by atoms with Crippen LogP contribution in [0.2, 0.25) is 0 Å². The lowest BCUT2D eigenvalue weighted by molar-refractivity contribution is -0.390. The normalized spacial score (nSPS) is 13.9. The zero-order chi connectivity index (χ0) is 13.4. The van der Waals surface area contributed by atoms with Crippen molar-refractivity contribution >= 4 is 15.7 Å². The Bertz CT molecular complexity index is 532. The summed E-state index contributed by atoms with van der Waals surface area (Å²) in [6.07, 6.45) is 0. The molecule has 1 unspecified atom stereocenters. The number of nitrogens with zero attached hydrogens (tertiary/aromatic N) is 2. The molecule has 0 bridgehead atoms. The highest BCUT2D eigenvalue weighted by Crippen LogP contribution is 2.30. The van der Waals surface area contributed by atoms with Crippen LogP contribution in [0.4, 0.5) is 5.82 Å². The third kappa shape index (κ3) is 2.46. The van der Waals surface area contributed by atoms with Gasteiger partial charge in [0, 0.05) is 6.92 Å². The average molecular weight is 261 g/mol. The van der Waals surface area contributed by atoms with Crippen molar-refractivity contribution < 1.29 is 13.3 Å². The molecule has 1 rings (SSSR count). The Morgan fingerprint density at radius 1 is 1.35 bits per heavy atom. The Hall–Kier alpha value is -1.44. The third-order valence-electron chi connectivity index (χ3n) is 2.55. The van der Waals surface area contributed by atoms with Crippen LogP contribution in [0.5, 0.6) is 0 Å². The van der Waals surface area contributed by atoms with Gasteiger partial charge < -0.3 is 10.1 Å². The Morgan fingerprint density at radius 2 is 1.88 bits per heavy atom. The molecule has 0 aliphatic heterocycles. The number of sulfone groups is 1. The van der Waals surface area contributed by atoms with Crippen LogP contribution in [0.15, 0.2) is 0 Å². The van der Waals surface area contributed by atoms with Gasteiger partial charge in [0.1, 0.15) is 5.25 Å². The van der Waals surface area contributed by atoms with Gasteiger partial charge in [0.2, 0.25) is 0 Å². The van der Waals surface area contributed by atoms with Crippen molar-refractivity contribution in [3.8, 4) is 0 Å². The highest BCUT2D eigenvalue weighted by molar-refractivity contribution is 7.92. The second-order valence-corrected chi connectivity index (χ2v) is 6.92. The third-order valence-corrected chi connectivity index (χ3v) is 5.07. The molecule has 1 aromatic rings. The summed E-state index contributed by atoms with van der Waals surface area (Å²) < 4.78 is 23.9. The lowest BCUT2D eigenvalue weighted by Gasteiger charge is -2.13. The summed E-state index contributed by atoms with van der Waals surface area (Å²) in [6.45, 7) is 6.04. The van der Waals surface area contributed by atoms with Crippen molar-refractivity contribution in [1.82, 2.24) is 9.97 Å². The van der Waals surface area contributed by atoms with Gasteiger partial charge in [-0.25, -0.2) is 18.4 Å². The molecule has 0 aliphatic carbocycles. The number of H-pyrrole nitrogens is 1. The van der Waals surface area contributed by atoms with E-state index in [4.69, 9.17) is 0 Å². The Morgan fingerprint density at radius 3 is 2.29 bits per heavy atom. The zero-order valence-corrected chi connectivity index (χ0v) is 10.9. The van der Waals surface area contributed by atoms with Gasteiger partial charge in [0.05, 0.1) is 5.25 Å². The number of imidazole rings is 1. The van der Waals surface area contributed by atoms with E-state index in [0.717, 1.165) is 0 Å². The van der Waals surface area contributed by atoms with E-state index in [2.05, 4.69) is 9.97 Å². The summed E-state index contributed by atoms with van der Waals surface area (Å²) in [6, 6.07) is 0. The van der Waals surface area contributed by atoms with Crippen LogP contribution >= 0.6 is 0 Å². The number of aromatic amines is 1. The SMILES string of the molecule is Cc1nc(C(C)S(=O)(=O)C(C)C)c([N+](=O)[O-])[nH]1. The van der Waals surface area contributed by atoms with E-state index in [1.54, 1.807) is 6.92 Å². The minimum Gasteiger partial charge on any atom is -0.358 e. The van der Waals surface area contributed by atoms with Gasteiger partial charge in [0.25, 0.3) is 0 Å². The maximum absolute atomic E-state index is 11.9. The van der Waals surface area contributed by atoms with Crippen molar-refractivity contribution in [3.63, 3.8) is 0 Å². The van der Waals surface area contributed by atoms with Crippen molar-refractivity contribution in [2.75, 3.05) is 0 Å². The van der Waals surface area contributed by atoms with E-state index in [9.17, 15) is 18.5 Å². The number of hydrogen-bond acceptors (Lipinski definition) is 5. The summed E-state index contributed by atoms with van der Waals surface area (Å²) in [7, 11) is -3.46. The maximum atomic E-state index is 11.9. The number of hydrogen-bond donors (Lipinski definition) is 1. The van der Waals surface area contributed by atoms with Crippen LogP contribution in [0.3, 0.4) is 0 Å². The van der Waals surface area contributed by atoms with Crippen molar-refractivity contribution in [1.29, 1.82) is 0 Å². The van der Waals surface area contributed by atoms with Crippen molar-refractivity contribution in [2.45, 2.75) is 38.2 Å². The van der Waals surface area contributed by atoms with Crippen LogP contribution in [0.25, 0.3) is 0 Å². The van der Waals surface area contributed by atoms with E-state index in [1.165, 1.54) is 20.8 Å². The summed E-state index contributed by atoms with van der Waals surface area (Å²) in [4.78, 5) is 16.5. The van der Waals surface area contributed by atoms with Crippen LogP contribution in [0.1, 0.15) is 37.5 Å². The number of aromatic nitrogens is 2. The average Bonchev–Trinajstić information content (AvgIpc) is 2.58. The predicted octanol–water partition coefficient (Wildman–Crippen LogP) is 1.51. The second kappa shape index (κ2) is 4.44.